The summed E-state index contributed by atoms with van der Waals surface area (Å²) in [7, 11) is -2.93. The SMILES string of the molecule is CCC1=C(C)/C(=C(\c2ccc(OCc3cn([C@H]4O[C@@H](COC(C)=O)[C@@H](OC(C)=O)[C@@H](OC(C)=O)[C@@H]4OC(C)=O)nn3)cc2)c2c(C)c(CC)c(/C=C/c3c[nH]c4ccccc34)n2B(F)F)N=C1/C=C/c1c[nH]c2ccccc12. The summed E-state index contributed by atoms with van der Waals surface area (Å²) < 4.78 is 68.9. The maximum atomic E-state index is 16.1. The van der Waals surface area contributed by atoms with Crippen LogP contribution in [0.15, 0.2) is 119 Å². The molecule has 20 heteroatoms. The van der Waals surface area contributed by atoms with Crippen LogP contribution in [-0.2, 0) is 55.9 Å². The number of aromatic nitrogens is 6. The van der Waals surface area contributed by atoms with Gasteiger partial charge < -0.3 is 42.9 Å². The summed E-state index contributed by atoms with van der Waals surface area (Å²) in [5.41, 5.74) is 10.6. The third-order valence-electron chi connectivity index (χ3n) is 13.7. The lowest BCUT2D eigenvalue weighted by Gasteiger charge is -2.44. The number of carbonyl (C=O) groups is 4. The van der Waals surface area contributed by atoms with Crippen LogP contribution in [0.2, 0.25) is 0 Å². The predicted molar refractivity (Wildman–Crippen MR) is 291 cm³/mol. The van der Waals surface area contributed by atoms with E-state index in [1.807, 2.05) is 112 Å². The lowest BCUT2D eigenvalue weighted by atomic mass is 9.92. The largest absolute Gasteiger partial charge is 0.678 e. The van der Waals surface area contributed by atoms with Crippen LogP contribution in [0.4, 0.5) is 8.63 Å². The highest BCUT2D eigenvalue weighted by Crippen LogP contribution is 2.42. The second kappa shape index (κ2) is 23.3. The van der Waals surface area contributed by atoms with Crippen molar-refractivity contribution in [2.45, 2.75) is 105 Å². The van der Waals surface area contributed by atoms with Gasteiger partial charge in [0.15, 0.2) is 24.5 Å². The summed E-state index contributed by atoms with van der Waals surface area (Å²) in [6, 6.07) is 23.0. The molecule has 0 spiro atoms. The number of hydrogen-bond donors (Lipinski definition) is 2. The van der Waals surface area contributed by atoms with E-state index in [0.29, 0.717) is 58.1 Å². The highest BCUT2D eigenvalue weighted by Gasteiger charge is 2.53. The molecule has 0 aliphatic carbocycles. The first kappa shape index (κ1) is 54.2. The average Bonchev–Trinajstić information content (AvgIpc) is 4.42. The number of carbonyl (C=O) groups excluding carboxylic acids is 4. The Morgan fingerprint density at radius 3 is 1.94 bits per heavy atom. The van der Waals surface area contributed by atoms with E-state index in [1.54, 1.807) is 18.2 Å². The number of aliphatic imine (C=N–C) groups is 1. The van der Waals surface area contributed by atoms with Gasteiger partial charge >= 0.3 is 31.3 Å². The van der Waals surface area contributed by atoms with Gasteiger partial charge in [-0.2, -0.15) is 0 Å². The monoisotopic (exact) mass is 1060 g/mol. The molecule has 1 fully saturated rings. The molecule has 9 rings (SSSR count). The van der Waals surface area contributed by atoms with Gasteiger partial charge in [-0.1, -0.05) is 79.7 Å². The van der Waals surface area contributed by atoms with Crippen molar-refractivity contribution in [1.29, 1.82) is 0 Å². The number of hydrogen-bond acceptors (Lipinski definition) is 13. The molecule has 4 aromatic heterocycles. The summed E-state index contributed by atoms with van der Waals surface area (Å²) >= 11 is 0. The Hall–Kier alpha value is -8.65. The topological polar surface area (TPSA) is 203 Å². The van der Waals surface area contributed by atoms with Gasteiger partial charge in [-0.05, 0) is 102 Å². The van der Waals surface area contributed by atoms with E-state index in [0.717, 1.165) is 80.6 Å². The summed E-state index contributed by atoms with van der Waals surface area (Å²) in [4.78, 5) is 60.9. The maximum absolute atomic E-state index is 16.1. The fraction of sp³-hybridized carbons (Fsp3) is 0.293. The fourth-order valence-electron chi connectivity index (χ4n) is 10.3. The predicted octanol–water partition coefficient (Wildman–Crippen LogP) is 10.3. The number of para-hydroxylation sites is 2. The van der Waals surface area contributed by atoms with E-state index in [2.05, 4.69) is 27.2 Å². The first-order valence-electron chi connectivity index (χ1n) is 25.5. The van der Waals surface area contributed by atoms with Crippen molar-refractivity contribution in [3.8, 4) is 5.75 Å². The zero-order valence-electron chi connectivity index (χ0n) is 44.3. The number of allylic oxidation sites excluding steroid dienone is 3. The van der Waals surface area contributed by atoms with Crippen LogP contribution in [0.1, 0.15) is 106 Å². The van der Waals surface area contributed by atoms with E-state index in [4.69, 9.17) is 33.4 Å². The number of esters is 4. The van der Waals surface area contributed by atoms with E-state index in [9.17, 15) is 19.2 Å². The van der Waals surface area contributed by atoms with Crippen LogP contribution in [0.25, 0.3) is 45.6 Å². The van der Waals surface area contributed by atoms with Crippen molar-refractivity contribution in [3.05, 3.63) is 159 Å². The first-order chi connectivity index (χ1) is 37.5. The summed E-state index contributed by atoms with van der Waals surface area (Å²) in [6.45, 7) is 11.9. The number of halogens is 2. The molecule has 2 aliphatic rings. The third-order valence-corrected chi connectivity index (χ3v) is 13.7. The summed E-state index contributed by atoms with van der Waals surface area (Å²) in [5.74, 6) is -2.56. The Kier molecular flexibility index (Phi) is 16.2. The smallest absolute Gasteiger partial charge is 0.487 e. The molecule has 0 unspecified atom stereocenters. The molecule has 7 aromatic rings. The maximum Gasteiger partial charge on any atom is 0.678 e. The van der Waals surface area contributed by atoms with Crippen LogP contribution in [0, 0.1) is 6.92 Å². The second-order valence-electron chi connectivity index (χ2n) is 18.9. The third kappa shape index (κ3) is 11.3. The van der Waals surface area contributed by atoms with Crippen molar-refractivity contribution >= 4 is 82.6 Å². The number of ether oxygens (including phenoxy) is 6. The van der Waals surface area contributed by atoms with Gasteiger partial charge in [0.1, 0.15) is 30.8 Å². The molecule has 2 N–H and O–H groups in total. The van der Waals surface area contributed by atoms with Gasteiger partial charge in [0.2, 0.25) is 0 Å². The Morgan fingerprint density at radius 1 is 0.744 bits per heavy atom. The second-order valence-corrected chi connectivity index (χ2v) is 18.9. The van der Waals surface area contributed by atoms with Crippen molar-refractivity contribution < 1.29 is 56.2 Å². The number of rotatable bonds is 18. The molecule has 402 valence electrons. The van der Waals surface area contributed by atoms with Crippen LogP contribution < -0.4 is 4.74 Å². The van der Waals surface area contributed by atoms with Gasteiger partial charge in [0, 0.05) is 78.9 Å². The van der Waals surface area contributed by atoms with Gasteiger partial charge in [0.25, 0.3) is 0 Å². The molecule has 0 saturated carbocycles. The molecular formula is C58H58BF2N7O10. The molecule has 17 nitrogen and oxygen atoms in total. The Morgan fingerprint density at radius 2 is 1.35 bits per heavy atom. The van der Waals surface area contributed by atoms with Gasteiger partial charge in [-0.3, -0.25) is 27.8 Å². The van der Waals surface area contributed by atoms with Crippen LogP contribution in [-0.4, -0.2) is 97.5 Å². The minimum atomic E-state index is -2.93. The number of benzene rings is 3. The standard InChI is InChI=1S/C58H58BF2N7O10/c1-9-43-32(3)53(64-49(43)25-21-39-27-62-47-17-13-11-15-45(39)47)52(54-33(4)44(10-2)50(68(54)59(60)61)26-22-40-28-63-48-18-14-12-16-46(40)48)38-19-23-42(24-20-38)74-30-41-29-67(66-65-41)58-57(77-37(8)72)56(76-36(7)71)55(75-35(6)70)51(78-58)31-73-34(5)69/h11-29,51,55-58,62-63H,9-10,30-31H2,1-8H3/b25-21+,26-22+,53-52-/t51-,55+,56+,57-,58-/m0/s1. The molecule has 78 heavy (non-hydrogen) atoms. The highest BCUT2D eigenvalue weighted by molar-refractivity contribution is 6.42. The van der Waals surface area contributed by atoms with Crippen LogP contribution >= 0.6 is 0 Å². The molecular weight excluding hydrogens is 1000 g/mol. The average molecular weight is 1060 g/mol. The van der Waals surface area contributed by atoms with E-state index in [-0.39, 0.29) is 6.61 Å². The summed E-state index contributed by atoms with van der Waals surface area (Å²) in [5, 5.41) is 10.5. The number of aromatic amines is 2. The number of nitrogens with zero attached hydrogens (tertiary/aromatic N) is 5. The van der Waals surface area contributed by atoms with E-state index < -0.39 is 68.5 Å². The first-order valence-corrected chi connectivity index (χ1v) is 25.5. The quantitative estimate of drug-likeness (QED) is 0.0468. The van der Waals surface area contributed by atoms with Crippen LogP contribution in [0.3, 0.4) is 0 Å². The molecule has 2 aliphatic heterocycles. The van der Waals surface area contributed by atoms with E-state index in [1.165, 1.54) is 17.8 Å². The van der Waals surface area contributed by atoms with Gasteiger partial charge in [-0.15, -0.1) is 5.10 Å². The molecule has 0 bridgehead atoms. The number of nitrogens with one attached hydrogen (secondary N) is 2. The van der Waals surface area contributed by atoms with Crippen LogP contribution in [0.5, 0.6) is 5.75 Å². The zero-order chi connectivity index (χ0) is 55.4. The normalized spacial score (nSPS) is 19.2. The van der Waals surface area contributed by atoms with Crippen molar-refractivity contribution in [1.82, 2.24) is 29.4 Å². The zero-order valence-corrected chi connectivity index (χ0v) is 44.3. The molecule has 0 radical (unpaired) electrons. The number of H-pyrrole nitrogens is 2. The van der Waals surface area contributed by atoms with Gasteiger partial charge in [0.05, 0.1) is 17.6 Å². The molecule has 3 aromatic carbocycles. The Bertz CT molecular complexity index is 3580. The Balaban J connectivity index is 1.08. The minimum Gasteiger partial charge on any atom is -0.487 e. The summed E-state index contributed by atoms with van der Waals surface area (Å²) in [6.07, 6.45) is 7.36. The van der Waals surface area contributed by atoms with Gasteiger partial charge in [-0.25, -0.2) is 9.67 Å². The van der Waals surface area contributed by atoms with Crippen molar-refractivity contribution in [3.63, 3.8) is 0 Å². The van der Waals surface area contributed by atoms with Crippen molar-refractivity contribution in [2.24, 2.45) is 4.99 Å². The fourth-order valence-corrected chi connectivity index (χ4v) is 10.3. The molecule has 0 amide bonds. The Labute approximate surface area is 448 Å². The molecule has 1 saturated heterocycles. The minimum absolute atomic E-state index is 0.129. The lowest BCUT2D eigenvalue weighted by molar-refractivity contribution is -0.270. The number of fused-ring (bicyclic) bond motifs is 2. The molecule has 6 heterocycles. The van der Waals surface area contributed by atoms with Crippen molar-refractivity contribution in [2.75, 3.05) is 6.61 Å². The highest BCUT2D eigenvalue weighted by atomic mass is 19.2. The molecule has 5 atom stereocenters. The lowest BCUT2D eigenvalue weighted by Crippen LogP contribution is -2.60. The van der Waals surface area contributed by atoms with E-state index >= 15 is 8.63 Å².